The van der Waals surface area contributed by atoms with Crippen LogP contribution >= 0.6 is 0 Å². The van der Waals surface area contributed by atoms with Gasteiger partial charge in [0, 0.05) is 35.0 Å². The molecule has 0 aliphatic heterocycles. The summed E-state index contributed by atoms with van der Waals surface area (Å²) in [5.74, 6) is 5.68. The van der Waals surface area contributed by atoms with Gasteiger partial charge in [-0.15, -0.1) is 0 Å². The van der Waals surface area contributed by atoms with Crippen molar-refractivity contribution in [1.82, 2.24) is 10.2 Å². The van der Waals surface area contributed by atoms with Gasteiger partial charge in [-0.3, -0.25) is 20.3 Å². The molecular weight excluding hydrogens is 508 g/mol. The quantitative estimate of drug-likeness (QED) is 0.173. The number of carbonyl (C=O) groups is 3. The van der Waals surface area contributed by atoms with Gasteiger partial charge in [-0.2, -0.15) is 0 Å². The molecule has 2 rings (SSSR count). The Labute approximate surface area is 237 Å². The second-order valence-corrected chi connectivity index (χ2v) is 10.4. The van der Waals surface area contributed by atoms with Crippen molar-refractivity contribution in [3.05, 3.63) is 64.7 Å². The van der Waals surface area contributed by atoms with Crippen molar-refractivity contribution in [2.45, 2.75) is 66.5 Å². The molecule has 3 N–H and O–H groups in total. The Morgan fingerprint density at radius 3 is 2.33 bits per heavy atom. The fourth-order valence-corrected chi connectivity index (χ4v) is 3.70. The van der Waals surface area contributed by atoms with Crippen LogP contribution in [0.2, 0.25) is 0 Å². The Balaban J connectivity index is 1.95. The normalized spacial score (nSPS) is 10.7. The number of nitrogens with zero attached hydrogens (tertiary/aromatic N) is 1. The molecule has 0 fully saturated rings. The van der Waals surface area contributed by atoms with E-state index in [1.165, 1.54) is 0 Å². The minimum Gasteiger partial charge on any atom is -0.466 e. The predicted molar refractivity (Wildman–Crippen MR) is 157 cm³/mol. The van der Waals surface area contributed by atoms with E-state index in [9.17, 15) is 14.4 Å². The summed E-state index contributed by atoms with van der Waals surface area (Å²) in [5.41, 5.74) is 2.90. The third kappa shape index (κ3) is 10.4. The molecule has 2 aromatic carbocycles. The van der Waals surface area contributed by atoms with E-state index in [0.717, 1.165) is 16.8 Å². The number of ether oxygens (including phenoxy) is 2. The second-order valence-electron chi connectivity index (χ2n) is 10.4. The summed E-state index contributed by atoms with van der Waals surface area (Å²) in [5, 5.41) is 13.7. The summed E-state index contributed by atoms with van der Waals surface area (Å²) in [4.78, 5) is 38.5. The molecule has 214 valence electrons. The molecule has 0 bridgehead atoms. The number of amides is 2. The predicted octanol–water partition coefficient (Wildman–Crippen LogP) is 5.11. The Kier molecular flexibility index (Phi) is 11.7. The Morgan fingerprint density at radius 1 is 1.07 bits per heavy atom. The minimum absolute atomic E-state index is 0.0478. The van der Waals surface area contributed by atoms with Gasteiger partial charge in [0.15, 0.2) is 0 Å². The largest absolute Gasteiger partial charge is 0.466 e. The maximum absolute atomic E-state index is 13.2. The summed E-state index contributed by atoms with van der Waals surface area (Å²) in [6, 6.07) is 12.5. The van der Waals surface area contributed by atoms with Crippen LogP contribution in [0.25, 0.3) is 0 Å². The van der Waals surface area contributed by atoms with Gasteiger partial charge in [0.2, 0.25) is 0 Å². The molecule has 40 heavy (non-hydrogen) atoms. The zero-order valence-electron chi connectivity index (χ0n) is 24.4. The SMILES string of the molecule is CCOC(=O)CCN(C(=O)c1ccc(C#CCNc2ccc(C(=N)NC(=O)OC(C)(C)C)cc2)cc1C)C(C)C. The van der Waals surface area contributed by atoms with Gasteiger partial charge in [-0.25, -0.2) is 4.79 Å². The van der Waals surface area contributed by atoms with E-state index in [-0.39, 0.29) is 30.2 Å². The number of rotatable bonds is 9. The van der Waals surface area contributed by atoms with Crippen LogP contribution in [0, 0.1) is 24.2 Å². The molecule has 0 unspecified atom stereocenters. The van der Waals surface area contributed by atoms with Crippen molar-refractivity contribution < 1.29 is 23.9 Å². The van der Waals surface area contributed by atoms with Crippen molar-refractivity contribution in [3.8, 4) is 11.8 Å². The smallest absolute Gasteiger partial charge is 0.413 e. The van der Waals surface area contributed by atoms with E-state index in [2.05, 4.69) is 22.5 Å². The Bertz CT molecular complexity index is 1270. The van der Waals surface area contributed by atoms with Crippen LogP contribution in [0.5, 0.6) is 0 Å². The first-order valence-electron chi connectivity index (χ1n) is 13.3. The first-order chi connectivity index (χ1) is 18.8. The highest BCUT2D eigenvalue weighted by Gasteiger charge is 2.21. The standard InChI is InChI=1S/C31H40N4O5/c1-8-39-27(36)17-19-35(21(2)3)29(37)26-16-11-23(20-22(26)4)10-9-18-33-25-14-12-24(13-15-25)28(32)34-30(38)40-31(5,6)7/h11-16,20-21,33H,8,17-19H2,1-7H3,(H2,32,34,38). The third-order valence-corrected chi connectivity index (χ3v) is 5.62. The van der Waals surface area contributed by atoms with Gasteiger partial charge < -0.3 is 19.7 Å². The summed E-state index contributed by atoms with van der Waals surface area (Å²) < 4.78 is 10.2. The number of carbonyl (C=O) groups excluding carboxylic acids is 3. The number of hydrogen-bond donors (Lipinski definition) is 3. The van der Waals surface area contributed by atoms with E-state index in [0.29, 0.717) is 30.8 Å². The summed E-state index contributed by atoms with van der Waals surface area (Å²) >= 11 is 0. The monoisotopic (exact) mass is 548 g/mol. The molecule has 0 aliphatic carbocycles. The summed E-state index contributed by atoms with van der Waals surface area (Å²) in [6.45, 7) is 13.8. The van der Waals surface area contributed by atoms with Gasteiger partial charge in [0.25, 0.3) is 5.91 Å². The van der Waals surface area contributed by atoms with Crippen LogP contribution < -0.4 is 10.6 Å². The van der Waals surface area contributed by atoms with Crippen LogP contribution in [0.1, 0.15) is 75.0 Å². The lowest BCUT2D eigenvalue weighted by Crippen LogP contribution is -2.39. The van der Waals surface area contributed by atoms with Crippen LogP contribution in [0.3, 0.4) is 0 Å². The molecule has 0 heterocycles. The van der Waals surface area contributed by atoms with E-state index in [1.54, 1.807) is 62.9 Å². The third-order valence-electron chi connectivity index (χ3n) is 5.62. The summed E-state index contributed by atoms with van der Waals surface area (Å²) in [7, 11) is 0. The Hall–Kier alpha value is -4.32. The average Bonchev–Trinajstić information content (AvgIpc) is 2.85. The number of alkyl carbamates (subject to hydrolysis) is 1. The van der Waals surface area contributed by atoms with Crippen LogP contribution in [-0.2, 0) is 14.3 Å². The molecule has 9 nitrogen and oxygen atoms in total. The number of nitrogens with one attached hydrogen (secondary N) is 3. The van der Waals surface area contributed by atoms with Crippen molar-refractivity contribution in [3.63, 3.8) is 0 Å². The lowest BCUT2D eigenvalue weighted by atomic mass is 10.0. The van der Waals surface area contributed by atoms with Crippen LogP contribution in [0.15, 0.2) is 42.5 Å². The topological polar surface area (TPSA) is 121 Å². The van der Waals surface area contributed by atoms with Crippen LogP contribution in [-0.4, -0.2) is 60.0 Å². The molecular formula is C31H40N4O5. The van der Waals surface area contributed by atoms with Crippen LogP contribution in [0.4, 0.5) is 10.5 Å². The highest BCUT2D eigenvalue weighted by molar-refractivity contribution is 6.04. The first kappa shape index (κ1) is 31.9. The van der Waals surface area contributed by atoms with Gasteiger partial charge in [-0.05, 0) is 96.5 Å². The number of amidine groups is 1. The lowest BCUT2D eigenvalue weighted by molar-refractivity contribution is -0.143. The number of esters is 1. The maximum Gasteiger partial charge on any atom is 0.413 e. The fraction of sp³-hybridized carbons (Fsp3) is 0.419. The molecule has 0 spiro atoms. The van der Waals surface area contributed by atoms with E-state index < -0.39 is 11.7 Å². The van der Waals surface area contributed by atoms with E-state index in [1.807, 2.05) is 32.9 Å². The minimum atomic E-state index is -0.672. The fourth-order valence-electron chi connectivity index (χ4n) is 3.70. The van der Waals surface area contributed by atoms with E-state index in [4.69, 9.17) is 14.9 Å². The zero-order chi connectivity index (χ0) is 29.9. The van der Waals surface area contributed by atoms with Gasteiger partial charge in [-0.1, -0.05) is 11.8 Å². The number of benzene rings is 2. The highest BCUT2D eigenvalue weighted by Crippen LogP contribution is 2.16. The zero-order valence-corrected chi connectivity index (χ0v) is 24.4. The van der Waals surface area contributed by atoms with Crippen molar-refractivity contribution in [2.24, 2.45) is 0 Å². The Morgan fingerprint density at radius 2 is 1.75 bits per heavy atom. The molecule has 2 aromatic rings. The number of anilines is 1. The second kappa shape index (κ2) is 14.7. The van der Waals surface area contributed by atoms with Crippen molar-refractivity contribution >= 4 is 29.5 Å². The van der Waals surface area contributed by atoms with Gasteiger partial charge in [0.05, 0.1) is 19.6 Å². The number of hydrogen-bond acceptors (Lipinski definition) is 7. The van der Waals surface area contributed by atoms with E-state index >= 15 is 0 Å². The first-order valence-corrected chi connectivity index (χ1v) is 13.3. The van der Waals surface area contributed by atoms with Crippen molar-refractivity contribution in [1.29, 1.82) is 5.41 Å². The molecule has 0 radical (unpaired) electrons. The molecule has 0 saturated carbocycles. The van der Waals surface area contributed by atoms with Crippen molar-refractivity contribution in [2.75, 3.05) is 25.0 Å². The molecule has 0 aliphatic rings. The highest BCUT2D eigenvalue weighted by atomic mass is 16.6. The molecule has 0 saturated heterocycles. The van der Waals surface area contributed by atoms with Gasteiger partial charge in [0.1, 0.15) is 11.4 Å². The average molecular weight is 549 g/mol. The molecule has 0 atom stereocenters. The summed E-state index contributed by atoms with van der Waals surface area (Å²) in [6.07, 6.45) is -0.518. The number of aryl methyl sites for hydroxylation is 1. The maximum atomic E-state index is 13.2. The van der Waals surface area contributed by atoms with Gasteiger partial charge >= 0.3 is 12.1 Å². The lowest BCUT2D eigenvalue weighted by Gasteiger charge is -2.27. The molecule has 0 aromatic heterocycles. The molecule has 9 heteroatoms. The molecule has 2 amide bonds.